The van der Waals surface area contributed by atoms with Crippen LogP contribution >= 0.6 is 0 Å². The van der Waals surface area contributed by atoms with Gasteiger partial charge in [0.05, 0.1) is 18.6 Å². The van der Waals surface area contributed by atoms with E-state index in [-0.39, 0.29) is 18.6 Å². The number of carboxylic acid groups (broad SMARTS) is 1. The minimum absolute atomic E-state index is 0.0872. The van der Waals surface area contributed by atoms with E-state index in [9.17, 15) is 9.59 Å². The topological polar surface area (TPSA) is 72.8 Å². The Hall–Kier alpha value is -1.36. The van der Waals surface area contributed by atoms with Gasteiger partial charge >= 0.3 is 11.9 Å². The first-order valence-corrected chi connectivity index (χ1v) is 6.17. The summed E-state index contributed by atoms with van der Waals surface area (Å²) < 4.78 is 10.4. The molecule has 0 aromatic carbocycles. The highest BCUT2D eigenvalue weighted by Gasteiger charge is 2.26. The number of carboxylic acids is 1. The number of aliphatic carboxylic acids is 1. The molecule has 0 aliphatic heterocycles. The first kappa shape index (κ1) is 14.7. The molecule has 0 amide bonds. The van der Waals surface area contributed by atoms with Gasteiger partial charge in [0.25, 0.3) is 0 Å². The first-order valence-electron chi connectivity index (χ1n) is 6.17. The van der Waals surface area contributed by atoms with Crippen LogP contribution in [-0.4, -0.2) is 36.4 Å². The molecule has 0 atom stereocenters. The monoisotopic (exact) mass is 256 g/mol. The van der Waals surface area contributed by atoms with Crippen molar-refractivity contribution in [1.29, 1.82) is 0 Å². The molecule has 0 heterocycles. The molecule has 1 fully saturated rings. The zero-order valence-corrected chi connectivity index (χ0v) is 10.7. The van der Waals surface area contributed by atoms with Gasteiger partial charge in [-0.25, -0.2) is 4.79 Å². The summed E-state index contributed by atoms with van der Waals surface area (Å²) in [6.45, 7) is 5.63. The first-order chi connectivity index (χ1) is 8.50. The van der Waals surface area contributed by atoms with Crippen LogP contribution in [0.3, 0.4) is 0 Å². The molecule has 0 aromatic rings. The number of ether oxygens (including phenoxy) is 2. The van der Waals surface area contributed by atoms with Crippen LogP contribution in [0.2, 0.25) is 0 Å². The van der Waals surface area contributed by atoms with E-state index < -0.39 is 11.9 Å². The molecule has 1 saturated carbocycles. The Morgan fingerprint density at radius 3 is 2.33 bits per heavy atom. The van der Waals surface area contributed by atoms with Crippen molar-refractivity contribution in [3.63, 3.8) is 0 Å². The van der Waals surface area contributed by atoms with Gasteiger partial charge in [-0.2, -0.15) is 0 Å². The summed E-state index contributed by atoms with van der Waals surface area (Å²) >= 11 is 0. The van der Waals surface area contributed by atoms with Crippen LogP contribution < -0.4 is 0 Å². The maximum absolute atomic E-state index is 11.1. The predicted molar refractivity (Wildman–Crippen MR) is 65.1 cm³/mol. The van der Waals surface area contributed by atoms with Gasteiger partial charge in [-0.15, -0.1) is 0 Å². The Morgan fingerprint density at radius 1 is 1.22 bits per heavy atom. The maximum Gasteiger partial charge on any atom is 0.333 e. The molecule has 1 aliphatic rings. The van der Waals surface area contributed by atoms with E-state index in [0.29, 0.717) is 25.0 Å². The summed E-state index contributed by atoms with van der Waals surface area (Å²) in [6.07, 6.45) is 2.91. The zero-order chi connectivity index (χ0) is 13.5. The molecular formula is C13H20O5. The summed E-state index contributed by atoms with van der Waals surface area (Å²) in [5.41, 5.74) is 0.372. The lowest BCUT2D eigenvalue weighted by molar-refractivity contribution is -0.145. The third kappa shape index (κ3) is 4.87. The van der Waals surface area contributed by atoms with Gasteiger partial charge in [0.1, 0.15) is 6.61 Å². The van der Waals surface area contributed by atoms with Crippen molar-refractivity contribution in [2.75, 3.05) is 13.2 Å². The molecule has 0 radical (unpaired) electrons. The highest BCUT2D eigenvalue weighted by Crippen LogP contribution is 2.26. The summed E-state index contributed by atoms with van der Waals surface area (Å²) in [4.78, 5) is 21.8. The minimum Gasteiger partial charge on any atom is -0.481 e. The fourth-order valence-electron chi connectivity index (χ4n) is 1.95. The number of carbonyl (C=O) groups is 2. The minimum atomic E-state index is -0.719. The Labute approximate surface area is 107 Å². The molecule has 5 nitrogen and oxygen atoms in total. The second-order valence-corrected chi connectivity index (χ2v) is 4.60. The fraction of sp³-hybridized carbons (Fsp3) is 0.692. The van der Waals surface area contributed by atoms with Gasteiger partial charge in [0.2, 0.25) is 0 Å². The molecule has 5 heteroatoms. The average molecular weight is 256 g/mol. The van der Waals surface area contributed by atoms with Gasteiger partial charge in [-0.05, 0) is 32.6 Å². The SMILES string of the molecule is C=C(C)C(=O)OCCOC1CCC(C(=O)O)CC1. The van der Waals surface area contributed by atoms with E-state index in [1.807, 2.05) is 0 Å². The number of hydrogen-bond acceptors (Lipinski definition) is 4. The van der Waals surface area contributed by atoms with E-state index in [2.05, 4.69) is 6.58 Å². The third-order valence-electron chi connectivity index (χ3n) is 3.04. The molecule has 102 valence electrons. The molecule has 0 bridgehead atoms. The molecule has 1 aliphatic carbocycles. The Bertz CT molecular complexity index is 315. The van der Waals surface area contributed by atoms with Crippen molar-refractivity contribution in [1.82, 2.24) is 0 Å². The van der Waals surface area contributed by atoms with Crippen molar-refractivity contribution in [2.24, 2.45) is 5.92 Å². The van der Waals surface area contributed by atoms with Crippen LogP contribution in [0.4, 0.5) is 0 Å². The summed E-state index contributed by atoms with van der Waals surface area (Å²) in [5, 5.41) is 8.85. The lowest BCUT2D eigenvalue weighted by Crippen LogP contribution is -2.27. The maximum atomic E-state index is 11.1. The van der Waals surface area contributed by atoms with E-state index >= 15 is 0 Å². The van der Waals surface area contributed by atoms with Gasteiger partial charge in [0.15, 0.2) is 0 Å². The van der Waals surface area contributed by atoms with Crippen LogP contribution in [0.1, 0.15) is 32.6 Å². The number of esters is 1. The normalized spacial score (nSPS) is 23.4. The van der Waals surface area contributed by atoms with E-state index in [1.165, 1.54) is 0 Å². The molecule has 0 aromatic heterocycles. The summed E-state index contributed by atoms with van der Waals surface area (Å²) in [6, 6.07) is 0. The number of rotatable bonds is 6. The lowest BCUT2D eigenvalue weighted by atomic mass is 9.87. The fourth-order valence-corrected chi connectivity index (χ4v) is 1.95. The number of carbonyl (C=O) groups excluding carboxylic acids is 1. The molecule has 1 N–H and O–H groups in total. The van der Waals surface area contributed by atoms with Crippen LogP contribution in [0.25, 0.3) is 0 Å². The Kier molecular flexibility index (Phi) is 5.85. The van der Waals surface area contributed by atoms with Crippen LogP contribution in [0, 0.1) is 5.92 Å². The Balaban J connectivity index is 2.09. The predicted octanol–water partition coefficient (Wildman–Crippen LogP) is 1.77. The molecule has 0 saturated heterocycles. The largest absolute Gasteiger partial charge is 0.481 e. The second kappa shape index (κ2) is 7.16. The van der Waals surface area contributed by atoms with Crippen LogP contribution in [-0.2, 0) is 19.1 Å². The van der Waals surface area contributed by atoms with Crippen molar-refractivity contribution < 1.29 is 24.2 Å². The van der Waals surface area contributed by atoms with Gasteiger partial charge < -0.3 is 14.6 Å². The summed E-state index contributed by atoms with van der Waals surface area (Å²) in [5.74, 6) is -1.36. The van der Waals surface area contributed by atoms with Crippen molar-refractivity contribution in [3.05, 3.63) is 12.2 Å². The number of hydrogen-bond donors (Lipinski definition) is 1. The van der Waals surface area contributed by atoms with Gasteiger partial charge in [0, 0.05) is 5.57 Å². The van der Waals surface area contributed by atoms with Crippen molar-refractivity contribution in [3.8, 4) is 0 Å². The van der Waals surface area contributed by atoms with Crippen molar-refractivity contribution >= 4 is 11.9 Å². The quantitative estimate of drug-likeness (QED) is 0.445. The van der Waals surface area contributed by atoms with Crippen LogP contribution in [0.15, 0.2) is 12.2 Å². The van der Waals surface area contributed by atoms with Gasteiger partial charge in [-0.3, -0.25) is 4.79 Å². The van der Waals surface area contributed by atoms with E-state index in [0.717, 1.165) is 12.8 Å². The third-order valence-corrected chi connectivity index (χ3v) is 3.04. The van der Waals surface area contributed by atoms with Crippen LogP contribution in [0.5, 0.6) is 0 Å². The van der Waals surface area contributed by atoms with E-state index in [1.54, 1.807) is 6.92 Å². The Morgan fingerprint density at radius 2 is 1.83 bits per heavy atom. The standard InChI is InChI=1S/C13H20O5/c1-9(2)13(16)18-8-7-17-11-5-3-10(4-6-11)12(14)15/h10-11H,1,3-8H2,2H3,(H,14,15). The average Bonchev–Trinajstić information content (AvgIpc) is 2.34. The highest BCUT2D eigenvalue weighted by atomic mass is 16.6. The van der Waals surface area contributed by atoms with E-state index in [4.69, 9.17) is 14.6 Å². The second-order valence-electron chi connectivity index (χ2n) is 4.60. The molecule has 0 spiro atoms. The molecule has 1 rings (SSSR count). The van der Waals surface area contributed by atoms with Crippen molar-refractivity contribution in [2.45, 2.75) is 38.7 Å². The summed E-state index contributed by atoms with van der Waals surface area (Å²) in [7, 11) is 0. The molecular weight excluding hydrogens is 236 g/mol. The lowest BCUT2D eigenvalue weighted by Gasteiger charge is -2.26. The highest BCUT2D eigenvalue weighted by molar-refractivity contribution is 5.86. The molecule has 0 unspecified atom stereocenters. The smallest absolute Gasteiger partial charge is 0.333 e. The zero-order valence-electron chi connectivity index (χ0n) is 10.7. The van der Waals surface area contributed by atoms with Gasteiger partial charge in [-0.1, -0.05) is 6.58 Å². The molecule has 18 heavy (non-hydrogen) atoms.